The average Bonchev–Trinajstić information content (AvgIpc) is 2.77. The second kappa shape index (κ2) is 5.55. The third kappa shape index (κ3) is 2.51. The third-order valence-electron chi connectivity index (χ3n) is 3.68. The molecule has 3 rings (SSSR count). The summed E-state index contributed by atoms with van der Waals surface area (Å²) >= 11 is 5.88. The molecule has 112 valence electrons. The van der Waals surface area contributed by atoms with E-state index in [1.807, 2.05) is 18.2 Å². The molecule has 1 aliphatic carbocycles. The average molecular weight is 317 g/mol. The van der Waals surface area contributed by atoms with Crippen LogP contribution in [0.2, 0.25) is 5.02 Å². The number of hydrogen-bond donors (Lipinski definition) is 1. The number of ether oxygens (including phenoxy) is 1. The molecule has 0 amide bonds. The van der Waals surface area contributed by atoms with Crippen LogP contribution in [0.1, 0.15) is 21.5 Å². The summed E-state index contributed by atoms with van der Waals surface area (Å²) in [6.45, 7) is 0.00631. The monoisotopic (exact) mass is 316 g/mol. The molecule has 4 nitrogen and oxygen atoms in total. The highest BCUT2D eigenvalue weighted by atomic mass is 35.5. The zero-order chi connectivity index (χ0) is 15.7. The van der Waals surface area contributed by atoms with Crippen molar-refractivity contribution in [3.63, 3.8) is 0 Å². The number of halogens is 1. The zero-order valence-electron chi connectivity index (χ0n) is 11.6. The van der Waals surface area contributed by atoms with Crippen LogP contribution in [0.25, 0.3) is 0 Å². The Bertz CT molecular complexity index is 742. The summed E-state index contributed by atoms with van der Waals surface area (Å²) in [7, 11) is 0. The van der Waals surface area contributed by atoms with Crippen LogP contribution in [0.15, 0.2) is 48.5 Å². The number of benzene rings is 2. The Balaban J connectivity index is 1.77. The molecule has 0 fully saturated rings. The van der Waals surface area contributed by atoms with Crippen molar-refractivity contribution in [1.82, 2.24) is 0 Å². The molecule has 0 radical (unpaired) electrons. The second-order valence-corrected chi connectivity index (χ2v) is 5.67. The van der Waals surface area contributed by atoms with Gasteiger partial charge in [-0.05, 0) is 29.3 Å². The van der Waals surface area contributed by atoms with E-state index in [1.165, 1.54) is 6.07 Å². The largest absolute Gasteiger partial charge is 0.458 e. The number of fused-ring (bicyclic) bond motifs is 1. The van der Waals surface area contributed by atoms with E-state index >= 15 is 0 Å². The van der Waals surface area contributed by atoms with Crippen molar-refractivity contribution >= 4 is 23.4 Å². The summed E-state index contributed by atoms with van der Waals surface area (Å²) in [5, 5.41) is 10.9. The normalized spacial score (nSPS) is 19.8. The highest BCUT2D eigenvalue weighted by molar-refractivity contribution is 6.31. The van der Waals surface area contributed by atoms with Gasteiger partial charge in [-0.15, -0.1) is 0 Å². The van der Waals surface area contributed by atoms with Gasteiger partial charge in [0.25, 0.3) is 0 Å². The van der Waals surface area contributed by atoms with Gasteiger partial charge in [-0.25, -0.2) is 4.79 Å². The quantitative estimate of drug-likeness (QED) is 0.698. The Morgan fingerprint density at radius 2 is 1.95 bits per heavy atom. The minimum Gasteiger partial charge on any atom is -0.458 e. The lowest BCUT2D eigenvalue weighted by molar-refractivity contribution is -0.161. The van der Waals surface area contributed by atoms with E-state index in [0.717, 1.165) is 5.56 Å². The van der Waals surface area contributed by atoms with E-state index in [2.05, 4.69) is 0 Å². The second-order valence-electron chi connectivity index (χ2n) is 5.23. The summed E-state index contributed by atoms with van der Waals surface area (Å²) in [6, 6.07) is 13.7. The fraction of sp³-hybridized carbons (Fsp3) is 0.176. The Labute approximate surface area is 132 Å². The van der Waals surface area contributed by atoms with Gasteiger partial charge in [-0.2, -0.15) is 0 Å². The topological polar surface area (TPSA) is 63.6 Å². The van der Waals surface area contributed by atoms with E-state index in [4.69, 9.17) is 16.3 Å². The van der Waals surface area contributed by atoms with Gasteiger partial charge in [0.2, 0.25) is 11.4 Å². The first kappa shape index (κ1) is 14.8. The van der Waals surface area contributed by atoms with Crippen LogP contribution in [0.3, 0.4) is 0 Å². The van der Waals surface area contributed by atoms with Crippen molar-refractivity contribution in [2.75, 3.05) is 0 Å². The standard InChI is InChI=1S/C17H13ClO4/c18-13-6-7-14-12(8-13)9-17(21,15(14)19)16(20)22-10-11-4-2-1-3-5-11/h1-8,21H,9-10H2/t17-/m0/s1. The van der Waals surface area contributed by atoms with Gasteiger partial charge >= 0.3 is 5.97 Å². The summed E-state index contributed by atoms with van der Waals surface area (Å²) < 4.78 is 5.10. The molecule has 0 aliphatic heterocycles. The lowest BCUT2D eigenvalue weighted by Gasteiger charge is -2.18. The molecule has 0 spiro atoms. The number of esters is 1. The van der Waals surface area contributed by atoms with Crippen molar-refractivity contribution in [3.05, 3.63) is 70.2 Å². The Morgan fingerprint density at radius 3 is 2.68 bits per heavy atom. The van der Waals surface area contributed by atoms with Gasteiger partial charge in [-0.1, -0.05) is 41.9 Å². The molecule has 0 bridgehead atoms. The Hall–Kier alpha value is -2.17. The summed E-state index contributed by atoms with van der Waals surface area (Å²) in [4.78, 5) is 24.5. The van der Waals surface area contributed by atoms with Crippen LogP contribution >= 0.6 is 11.6 Å². The molecule has 0 unspecified atom stereocenters. The van der Waals surface area contributed by atoms with Gasteiger partial charge in [0.15, 0.2) is 0 Å². The first-order valence-corrected chi connectivity index (χ1v) is 7.15. The van der Waals surface area contributed by atoms with Crippen LogP contribution in [0, 0.1) is 0 Å². The van der Waals surface area contributed by atoms with Crippen LogP contribution in [0.4, 0.5) is 0 Å². The number of ketones is 1. The Morgan fingerprint density at radius 1 is 1.23 bits per heavy atom. The Kier molecular flexibility index (Phi) is 3.72. The van der Waals surface area contributed by atoms with E-state index in [1.54, 1.807) is 24.3 Å². The first-order chi connectivity index (χ1) is 10.5. The number of carbonyl (C=O) groups is 2. The maximum absolute atomic E-state index is 12.3. The maximum Gasteiger partial charge on any atom is 0.347 e. The van der Waals surface area contributed by atoms with Gasteiger partial charge in [0, 0.05) is 17.0 Å². The lowest BCUT2D eigenvalue weighted by atomic mass is 9.99. The molecule has 2 aromatic carbocycles. The van der Waals surface area contributed by atoms with Crippen molar-refractivity contribution in [2.45, 2.75) is 18.6 Å². The van der Waals surface area contributed by atoms with Crippen LogP contribution < -0.4 is 0 Å². The number of hydrogen-bond acceptors (Lipinski definition) is 4. The smallest absolute Gasteiger partial charge is 0.347 e. The van der Waals surface area contributed by atoms with E-state index in [0.29, 0.717) is 16.1 Å². The third-order valence-corrected chi connectivity index (χ3v) is 3.92. The van der Waals surface area contributed by atoms with E-state index < -0.39 is 17.4 Å². The molecule has 0 aromatic heterocycles. The molecule has 0 heterocycles. The van der Waals surface area contributed by atoms with Crippen LogP contribution in [0.5, 0.6) is 0 Å². The zero-order valence-corrected chi connectivity index (χ0v) is 12.3. The molecule has 1 N–H and O–H groups in total. The lowest BCUT2D eigenvalue weighted by Crippen LogP contribution is -2.45. The van der Waals surface area contributed by atoms with Gasteiger partial charge in [-0.3, -0.25) is 4.79 Å². The van der Waals surface area contributed by atoms with Crippen LogP contribution in [-0.2, 0) is 22.6 Å². The predicted octanol–water partition coefficient (Wildman–Crippen LogP) is 2.55. The van der Waals surface area contributed by atoms with E-state index in [-0.39, 0.29) is 13.0 Å². The van der Waals surface area contributed by atoms with Gasteiger partial charge in [0.05, 0.1) is 0 Å². The maximum atomic E-state index is 12.3. The van der Waals surface area contributed by atoms with Crippen molar-refractivity contribution in [1.29, 1.82) is 0 Å². The highest BCUT2D eigenvalue weighted by Gasteiger charge is 2.51. The molecule has 1 atom stereocenters. The van der Waals surface area contributed by atoms with E-state index in [9.17, 15) is 14.7 Å². The van der Waals surface area contributed by atoms with Crippen molar-refractivity contribution < 1.29 is 19.4 Å². The molecule has 0 saturated heterocycles. The fourth-order valence-corrected chi connectivity index (χ4v) is 2.71. The summed E-state index contributed by atoms with van der Waals surface area (Å²) in [5.41, 5.74) is -0.521. The minimum atomic E-state index is -2.16. The number of rotatable bonds is 3. The van der Waals surface area contributed by atoms with Crippen molar-refractivity contribution in [2.24, 2.45) is 0 Å². The number of aliphatic hydroxyl groups is 1. The molecular weight excluding hydrogens is 304 g/mol. The molecule has 22 heavy (non-hydrogen) atoms. The van der Waals surface area contributed by atoms with Crippen LogP contribution in [-0.4, -0.2) is 22.5 Å². The first-order valence-electron chi connectivity index (χ1n) is 6.77. The SMILES string of the molecule is O=C(OCc1ccccc1)[C@]1(O)Cc2cc(Cl)ccc2C1=O. The summed E-state index contributed by atoms with van der Waals surface area (Å²) in [5.74, 6) is -1.58. The fourth-order valence-electron chi connectivity index (χ4n) is 2.52. The van der Waals surface area contributed by atoms with Gasteiger partial charge < -0.3 is 9.84 Å². The predicted molar refractivity (Wildman–Crippen MR) is 80.7 cm³/mol. The highest BCUT2D eigenvalue weighted by Crippen LogP contribution is 2.33. The molecule has 1 aliphatic rings. The molecule has 2 aromatic rings. The molecular formula is C17H13ClO4. The number of Topliss-reactive ketones (excluding diaryl/α,β-unsaturated/α-hetero) is 1. The van der Waals surface area contributed by atoms with Gasteiger partial charge in [0.1, 0.15) is 6.61 Å². The number of carbonyl (C=O) groups excluding carboxylic acids is 2. The minimum absolute atomic E-state index is 0.00631. The molecule has 0 saturated carbocycles. The molecule has 5 heteroatoms. The van der Waals surface area contributed by atoms with Crippen molar-refractivity contribution in [3.8, 4) is 0 Å². The summed E-state index contributed by atoms with van der Waals surface area (Å²) in [6.07, 6.45) is -0.116.